The number of rotatable bonds is 6. The maximum atomic E-state index is 5.18. The molecule has 0 aliphatic heterocycles. The van der Waals surface area contributed by atoms with E-state index in [2.05, 4.69) is 22.5 Å². The monoisotopic (exact) mass is 253 g/mol. The number of nitrogens with one attached hydrogen (secondary N) is 2. The second-order valence-corrected chi connectivity index (χ2v) is 4.05. The fraction of sp³-hybridized carbons (Fsp3) is 0.500. The summed E-state index contributed by atoms with van der Waals surface area (Å²) in [6.07, 6.45) is 5.24. The molecule has 2 N–H and O–H groups in total. The Morgan fingerprint density at radius 2 is 2.29 bits per heavy atom. The van der Waals surface area contributed by atoms with Gasteiger partial charge in [0.2, 0.25) is 0 Å². The zero-order valence-corrected chi connectivity index (χ0v) is 11.1. The van der Waals surface area contributed by atoms with E-state index in [-0.39, 0.29) is 0 Å². The van der Waals surface area contributed by atoms with Gasteiger partial charge >= 0.3 is 0 Å². The highest BCUT2D eigenvalue weighted by Crippen LogP contribution is 2.19. The average molecular weight is 253 g/mol. The van der Waals surface area contributed by atoms with Crippen molar-refractivity contribution in [1.82, 2.24) is 10.3 Å². The highest BCUT2D eigenvalue weighted by atomic mass is 32.1. The molecule has 0 aromatic carbocycles. The molecule has 94 valence electrons. The fourth-order valence-electron chi connectivity index (χ4n) is 1.38. The standard InChI is InChI=1S/C12H19N3OS/c1-3-4-5-8-14-12(17)15-11-10(16-2)7-6-9-13-11/h6-7,9H,3-5,8H2,1-2H3,(H2,13,14,15,17). The van der Waals surface area contributed by atoms with Crippen LogP contribution in [0.25, 0.3) is 0 Å². The van der Waals surface area contributed by atoms with Crippen LogP contribution in [0.4, 0.5) is 5.82 Å². The third kappa shape index (κ3) is 4.99. The lowest BCUT2D eigenvalue weighted by molar-refractivity contribution is 0.415. The van der Waals surface area contributed by atoms with Crippen LogP contribution < -0.4 is 15.4 Å². The zero-order chi connectivity index (χ0) is 12.5. The first kappa shape index (κ1) is 13.7. The molecule has 0 bridgehead atoms. The van der Waals surface area contributed by atoms with Crippen molar-refractivity contribution in [2.45, 2.75) is 26.2 Å². The van der Waals surface area contributed by atoms with E-state index in [4.69, 9.17) is 17.0 Å². The summed E-state index contributed by atoms with van der Waals surface area (Å²) in [5.41, 5.74) is 0. The first-order chi connectivity index (χ1) is 8.27. The van der Waals surface area contributed by atoms with Crippen molar-refractivity contribution in [2.24, 2.45) is 0 Å². The first-order valence-corrected chi connectivity index (χ1v) is 6.22. The Bertz CT molecular complexity index is 357. The van der Waals surface area contributed by atoms with Gasteiger partial charge in [0.05, 0.1) is 7.11 Å². The molecule has 0 saturated heterocycles. The van der Waals surface area contributed by atoms with Gasteiger partial charge in [0.15, 0.2) is 16.7 Å². The number of hydrogen-bond donors (Lipinski definition) is 2. The largest absolute Gasteiger partial charge is 0.493 e. The van der Waals surface area contributed by atoms with Crippen LogP contribution >= 0.6 is 12.2 Å². The predicted molar refractivity (Wildman–Crippen MR) is 74.5 cm³/mol. The Morgan fingerprint density at radius 3 is 3.00 bits per heavy atom. The summed E-state index contributed by atoms with van der Waals surface area (Å²) in [5, 5.41) is 6.75. The van der Waals surface area contributed by atoms with Gasteiger partial charge in [-0.05, 0) is 30.8 Å². The Morgan fingerprint density at radius 1 is 1.47 bits per heavy atom. The van der Waals surface area contributed by atoms with E-state index in [1.54, 1.807) is 13.3 Å². The highest BCUT2D eigenvalue weighted by molar-refractivity contribution is 7.80. The third-order valence-electron chi connectivity index (χ3n) is 2.29. The van der Waals surface area contributed by atoms with Gasteiger partial charge in [0.25, 0.3) is 0 Å². The summed E-state index contributed by atoms with van der Waals surface area (Å²) in [4.78, 5) is 4.17. The normalized spacial score (nSPS) is 9.76. The molecule has 0 unspecified atom stereocenters. The van der Waals surface area contributed by atoms with Crippen molar-refractivity contribution in [2.75, 3.05) is 19.0 Å². The molecule has 1 aromatic rings. The van der Waals surface area contributed by atoms with Crippen LogP contribution in [0.5, 0.6) is 5.75 Å². The number of pyridine rings is 1. The number of unbranched alkanes of at least 4 members (excludes halogenated alkanes) is 2. The second-order valence-electron chi connectivity index (χ2n) is 3.64. The van der Waals surface area contributed by atoms with Gasteiger partial charge in [-0.2, -0.15) is 0 Å². The second kappa shape index (κ2) is 7.84. The highest BCUT2D eigenvalue weighted by Gasteiger charge is 2.04. The molecule has 0 fully saturated rings. The molecule has 0 atom stereocenters. The van der Waals surface area contributed by atoms with Crippen molar-refractivity contribution >= 4 is 23.1 Å². The minimum absolute atomic E-state index is 0.582. The first-order valence-electron chi connectivity index (χ1n) is 5.81. The molecule has 17 heavy (non-hydrogen) atoms. The predicted octanol–water partition coefficient (Wildman–Crippen LogP) is 2.57. The van der Waals surface area contributed by atoms with Crippen LogP contribution in [0.15, 0.2) is 18.3 Å². The van der Waals surface area contributed by atoms with E-state index in [0.29, 0.717) is 16.7 Å². The average Bonchev–Trinajstić information content (AvgIpc) is 2.35. The van der Waals surface area contributed by atoms with E-state index in [9.17, 15) is 0 Å². The van der Waals surface area contributed by atoms with Crippen LogP contribution in [0.1, 0.15) is 26.2 Å². The Hall–Kier alpha value is -1.36. The van der Waals surface area contributed by atoms with E-state index in [1.165, 1.54) is 12.8 Å². The lowest BCUT2D eigenvalue weighted by Crippen LogP contribution is -2.29. The molecule has 1 heterocycles. The Labute approximate surface area is 108 Å². The molecule has 0 spiro atoms. The molecule has 0 aliphatic rings. The maximum absolute atomic E-state index is 5.18. The molecule has 0 aliphatic carbocycles. The lowest BCUT2D eigenvalue weighted by atomic mass is 10.2. The summed E-state index contributed by atoms with van der Waals surface area (Å²) in [5.74, 6) is 1.33. The van der Waals surface area contributed by atoms with Crippen molar-refractivity contribution < 1.29 is 4.74 Å². The molecule has 0 saturated carbocycles. The van der Waals surface area contributed by atoms with Gasteiger partial charge in [-0.3, -0.25) is 0 Å². The van der Waals surface area contributed by atoms with Crippen LogP contribution in [0, 0.1) is 0 Å². The molecular formula is C12H19N3OS. The molecular weight excluding hydrogens is 234 g/mol. The number of methoxy groups -OCH3 is 1. The van der Waals surface area contributed by atoms with E-state index < -0.39 is 0 Å². The number of aromatic nitrogens is 1. The van der Waals surface area contributed by atoms with E-state index >= 15 is 0 Å². The lowest BCUT2D eigenvalue weighted by Gasteiger charge is -2.11. The van der Waals surface area contributed by atoms with Crippen LogP contribution in [-0.4, -0.2) is 23.8 Å². The van der Waals surface area contributed by atoms with Crippen LogP contribution in [0.3, 0.4) is 0 Å². The molecule has 0 amide bonds. The summed E-state index contributed by atoms with van der Waals surface area (Å²) in [6, 6.07) is 3.66. The Balaban J connectivity index is 2.39. The van der Waals surface area contributed by atoms with Gasteiger partial charge in [0, 0.05) is 12.7 Å². The molecule has 1 aromatic heterocycles. The quantitative estimate of drug-likeness (QED) is 0.602. The van der Waals surface area contributed by atoms with Gasteiger partial charge in [-0.1, -0.05) is 19.8 Å². The SMILES string of the molecule is CCCCCNC(=S)Nc1ncccc1OC. The molecule has 4 nitrogen and oxygen atoms in total. The maximum Gasteiger partial charge on any atom is 0.174 e. The van der Waals surface area contributed by atoms with Gasteiger partial charge < -0.3 is 15.4 Å². The number of anilines is 1. The third-order valence-corrected chi connectivity index (χ3v) is 2.53. The number of nitrogens with zero attached hydrogens (tertiary/aromatic N) is 1. The van der Waals surface area contributed by atoms with E-state index in [0.717, 1.165) is 13.0 Å². The summed E-state index contributed by atoms with van der Waals surface area (Å²) in [7, 11) is 1.61. The van der Waals surface area contributed by atoms with Crippen LogP contribution in [-0.2, 0) is 0 Å². The molecule has 5 heteroatoms. The Kier molecular flexibility index (Phi) is 6.32. The fourth-order valence-corrected chi connectivity index (χ4v) is 1.58. The van der Waals surface area contributed by atoms with Crippen LogP contribution in [0.2, 0.25) is 0 Å². The van der Waals surface area contributed by atoms with Crippen molar-refractivity contribution in [3.8, 4) is 5.75 Å². The summed E-state index contributed by atoms with van der Waals surface area (Å²) in [6.45, 7) is 3.06. The smallest absolute Gasteiger partial charge is 0.174 e. The summed E-state index contributed by atoms with van der Waals surface area (Å²) >= 11 is 5.18. The zero-order valence-electron chi connectivity index (χ0n) is 10.3. The molecule has 0 radical (unpaired) electrons. The van der Waals surface area contributed by atoms with Gasteiger partial charge in [-0.15, -0.1) is 0 Å². The summed E-state index contributed by atoms with van der Waals surface area (Å²) < 4.78 is 5.18. The minimum atomic E-state index is 0.582. The number of ether oxygens (including phenoxy) is 1. The minimum Gasteiger partial charge on any atom is -0.493 e. The van der Waals surface area contributed by atoms with Gasteiger partial charge in [0.1, 0.15) is 0 Å². The van der Waals surface area contributed by atoms with Crippen molar-refractivity contribution in [3.05, 3.63) is 18.3 Å². The topological polar surface area (TPSA) is 46.2 Å². The molecule has 1 rings (SSSR count). The van der Waals surface area contributed by atoms with E-state index in [1.807, 2.05) is 12.1 Å². The van der Waals surface area contributed by atoms with Crippen molar-refractivity contribution in [3.63, 3.8) is 0 Å². The number of thiocarbonyl (C=S) groups is 1. The number of hydrogen-bond acceptors (Lipinski definition) is 3. The van der Waals surface area contributed by atoms with Crippen molar-refractivity contribution in [1.29, 1.82) is 0 Å². The van der Waals surface area contributed by atoms with Gasteiger partial charge in [-0.25, -0.2) is 4.98 Å².